The molecule has 0 amide bonds. The van der Waals surface area contributed by atoms with Crippen LogP contribution in [0, 0.1) is 10.8 Å². The Morgan fingerprint density at radius 3 is 1.89 bits per heavy atom. The third kappa shape index (κ3) is 17.2. The van der Waals surface area contributed by atoms with Gasteiger partial charge in [-0.05, 0) is 23.7 Å². The van der Waals surface area contributed by atoms with Crippen LogP contribution in [0.5, 0.6) is 0 Å². The third-order valence-corrected chi connectivity index (χ3v) is 3.43. The lowest BCUT2D eigenvalue weighted by atomic mass is 9.85. The standard InChI is InChI=1S/C11H20O2.C6H14/c1-5-10(12)13-9-7-8-11(3,4)6-2;1-5-6(2,3)4/h5H,1,6-9H2,2-4H3;5H2,1-4H3. The molecule has 0 spiro atoms. The van der Waals surface area contributed by atoms with Crippen LogP contribution in [-0.2, 0) is 9.53 Å². The molecular formula is C17H34O2. The van der Waals surface area contributed by atoms with Crippen LogP contribution in [0.1, 0.15) is 74.1 Å². The Labute approximate surface area is 120 Å². The Kier molecular flexibility index (Phi) is 10.9. The molecule has 0 aromatic heterocycles. The normalized spacial score (nSPS) is 11.3. The van der Waals surface area contributed by atoms with Gasteiger partial charge in [0.2, 0.25) is 0 Å². The Morgan fingerprint density at radius 1 is 1.11 bits per heavy atom. The summed E-state index contributed by atoms with van der Waals surface area (Å²) in [6.45, 7) is 19.4. The van der Waals surface area contributed by atoms with Gasteiger partial charge in [0, 0.05) is 6.08 Å². The quantitative estimate of drug-likeness (QED) is 0.368. The van der Waals surface area contributed by atoms with Crippen molar-refractivity contribution < 1.29 is 9.53 Å². The minimum Gasteiger partial charge on any atom is -0.463 e. The lowest BCUT2D eigenvalue weighted by Gasteiger charge is -2.21. The van der Waals surface area contributed by atoms with Crippen molar-refractivity contribution in [3.63, 3.8) is 0 Å². The maximum Gasteiger partial charge on any atom is 0.330 e. The van der Waals surface area contributed by atoms with Crippen LogP contribution >= 0.6 is 0 Å². The van der Waals surface area contributed by atoms with Gasteiger partial charge in [-0.25, -0.2) is 4.79 Å². The monoisotopic (exact) mass is 270 g/mol. The summed E-state index contributed by atoms with van der Waals surface area (Å²) in [5.41, 5.74) is 0.903. The van der Waals surface area contributed by atoms with Crippen LogP contribution in [0.4, 0.5) is 0 Å². The highest BCUT2D eigenvalue weighted by Gasteiger charge is 2.14. The fourth-order valence-corrected chi connectivity index (χ4v) is 0.959. The number of ether oxygens (including phenoxy) is 1. The number of carbonyl (C=O) groups excluding carboxylic acids is 1. The topological polar surface area (TPSA) is 26.3 Å². The highest BCUT2D eigenvalue weighted by molar-refractivity contribution is 5.81. The third-order valence-electron chi connectivity index (χ3n) is 3.43. The second-order valence-electron chi connectivity index (χ2n) is 6.91. The van der Waals surface area contributed by atoms with E-state index in [0.717, 1.165) is 19.3 Å². The van der Waals surface area contributed by atoms with E-state index in [2.05, 4.69) is 55.0 Å². The minimum absolute atomic E-state index is 0.325. The molecule has 0 aliphatic heterocycles. The van der Waals surface area contributed by atoms with Gasteiger partial charge in [0.1, 0.15) is 0 Å². The van der Waals surface area contributed by atoms with Crippen molar-refractivity contribution in [1.82, 2.24) is 0 Å². The Hall–Kier alpha value is -0.790. The first-order valence-electron chi connectivity index (χ1n) is 7.37. The molecule has 0 aromatic rings. The summed E-state index contributed by atoms with van der Waals surface area (Å²) in [5, 5.41) is 0. The van der Waals surface area contributed by atoms with Gasteiger partial charge in [0.15, 0.2) is 0 Å². The lowest BCUT2D eigenvalue weighted by Crippen LogP contribution is -2.11. The van der Waals surface area contributed by atoms with Crippen molar-refractivity contribution >= 4 is 5.97 Å². The first-order chi connectivity index (χ1) is 8.58. The predicted octanol–water partition coefficient (Wildman–Crippen LogP) is 5.37. The van der Waals surface area contributed by atoms with Crippen molar-refractivity contribution in [2.75, 3.05) is 6.61 Å². The summed E-state index contributed by atoms with van der Waals surface area (Å²) >= 11 is 0. The maximum absolute atomic E-state index is 10.7. The van der Waals surface area contributed by atoms with Crippen LogP contribution in [0.25, 0.3) is 0 Å². The SMILES string of the molecule is C=CC(=O)OCCCC(C)(C)CC.CCC(C)(C)C. The van der Waals surface area contributed by atoms with Crippen molar-refractivity contribution in [2.24, 2.45) is 10.8 Å². The van der Waals surface area contributed by atoms with Crippen molar-refractivity contribution in [2.45, 2.75) is 74.1 Å². The van der Waals surface area contributed by atoms with Crippen LogP contribution in [0.15, 0.2) is 12.7 Å². The van der Waals surface area contributed by atoms with E-state index in [4.69, 9.17) is 4.74 Å². The molecule has 0 aliphatic carbocycles. The maximum atomic E-state index is 10.7. The van der Waals surface area contributed by atoms with Gasteiger partial charge in [-0.1, -0.05) is 67.9 Å². The van der Waals surface area contributed by atoms with Gasteiger partial charge in [-0.2, -0.15) is 0 Å². The number of rotatable bonds is 6. The molecule has 0 bridgehead atoms. The Balaban J connectivity index is 0. The summed E-state index contributed by atoms with van der Waals surface area (Å²) in [6.07, 6.45) is 5.65. The molecule has 0 N–H and O–H groups in total. The largest absolute Gasteiger partial charge is 0.463 e. The number of hydrogen-bond donors (Lipinski definition) is 0. The van der Waals surface area contributed by atoms with E-state index in [9.17, 15) is 4.79 Å². The molecule has 0 saturated carbocycles. The summed E-state index contributed by atoms with van der Waals surface area (Å²) in [7, 11) is 0. The van der Waals surface area contributed by atoms with Gasteiger partial charge in [-0.15, -0.1) is 0 Å². The summed E-state index contributed by atoms with van der Waals surface area (Å²) in [6, 6.07) is 0. The van der Waals surface area contributed by atoms with Crippen LogP contribution in [-0.4, -0.2) is 12.6 Å². The van der Waals surface area contributed by atoms with Crippen molar-refractivity contribution in [3.05, 3.63) is 12.7 Å². The van der Waals surface area contributed by atoms with E-state index >= 15 is 0 Å². The molecule has 114 valence electrons. The molecule has 0 unspecified atom stereocenters. The van der Waals surface area contributed by atoms with Crippen molar-refractivity contribution in [1.29, 1.82) is 0 Å². The zero-order chi connectivity index (χ0) is 15.5. The minimum atomic E-state index is -0.325. The molecule has 2 nitrogen and oxygen atoms in total. The molecule has 0 heterocycles. The van der Waals surface area contributed by atoms with Gasteiger partial charge in [-0.3, -0.25) is 0 Å². The molecule has 0 aliphatic rings. The molecule has 2 heteroatoms. The van der Waals surface area contributed by atoms with Crippen LogP contribution in [0.2, 0.25) is 0 Å². The average molecular weight is 270 g/mol. The van der Waals surface area contributed by atoms with E-state index in [1.165, 1.54) is 12.5 Å². The molecule has 0 rings (SSSR count). The average Bonchev–Trinajstić information content (AvgIpc) is 2.34. The summed E-state index contributed by atoms with van der Waals surface area (Å²) in [4.78, 5) is 10.7. The Morgan fingerprint density at radius 2 is 1.58 bits per heavy atom. The zero-order valence-corrected chi connectivity index (χ0v) is 14.1. The van der Waals surface area contributed by atoms with E-state index in [1.807, 2.05) is 0 Å². The van der Waals surface area contributed by atoms with Crippen LogP contribution < -0.4 is 0 Å². The first kappa shape index (κ1) is 20.5. The number of carbonyl (C=O) groups is 1. The molecular weight excluding hydrogens is 236 g/mol. The Bertz CT molecular complexity index is 246. The second kappa shape index (κ2) is 10.1. The highest BCUT2D eigenvalue weighted by Crippen LogP contribution is 2.25. The van der Waals surface area contributed by atoms with Crippen LogP contribution in [0.3, 0.4) is 0 Å². The predicted molar refractivity (Wildman–Crippen MR) is 84.2 cm³/mol. The summed E-state index contributed by atoms with van der Waals surface area (Å²) < 4.78 is 4.87. The van der Waals surface area contributed by atoms with Crippen molar-refractivity contribution in [3.8, 4) is 0 Å². The van der Waals surface area contributed by atoms with Gasteiger partial charge >= 0.3 is 5.97 Å². The van der Waals surface area contributed by atoms with E-state index in [0.29, 0.717) is 17.4 Å². The number of esters is 1. The molecule has 0 saturated heterocycles. The molecule has 0 radical (unpaired) electrons. The van der Waals surface area contributed by atoms with Gasteiger partial charge < -0.3 is 4.74 Å². The first-order valence-corrected chi connectivity index (χ1v) is 7.37. The highest BCUT2D eigenvalue weighted by atomic mass is 16.5. The molecule has 0 atom stereocenters. The lowest BCUT2D eigenvalue weighted by molar-refractivity contribution is -0.138. The smallest absolute Gasteiger partial charge is 0.330 e. The number of hydrogen-bond acceptors (Lipinski definition) is 2. The van der Waals surface area contributed by atoms with E-state index < -0.39 is 0 Å². The van der Waals surface area contributed by atoms with E-state index in [1.54, 1.807) is 0 Å². The van der Waals surface area contributed by atoms with Gasteiger partial charge in [0.05, 0.1) is 6.61 Å². The fraction of sp³-hybridized carbons (Fsp3) is 0.824. The van der Waals surface area contributed by atoms with E-state index in [-0.39, 0.29) is 5.97 Å². The fourth-order valence-electron chi connectivity index (χ4n) is 0.959. The van der Waals surface area contributed by atoms with Gasteiger partial charge in [0.25, 0.3) is 0 Å². The molecule has 19 heavy (non-hydrogen) atoms. The zero-order valence-electron chi connectivity index (χ0n) is 14.1. The second-order valence-corrected chi connectivity index (χ2v) is 6.91. The molecule has 0 aromatic carbocycles. The molecule has 0 fully saturated rings. The summed E-state index contributed by atoms with van der Waals surface area (Å²) in [5.74, 6) is -0.325.